The topological polar surface area (TPSA) is 64.7 Å². The summed E-state index contributed by atoms with van der Waals surface area (Å²) in [6.07, 6.45) is 2.26. The van der Waals surface area contributed by atoms with Crippen LogP contribution in [0.1, 0.15) is 26.2 Å². The third-order valence-corrected chi connectivity index (χ3v) is 1.41. The molecule has 2 radical (unpaired) electrons. The van der Waals surface area contributed by atoms with Crippen molar-refractivity contribution < 1.29 is 70.2 Å². The zero-order valence-electron chi connectivity index (χ0n) is 7.47. The summed E-state index contributed by atoms with van der Waals surface area (Å²) in [5.41, 5.74) is 14.0. The van der Waals surface area contributed by atoms with Crippen LogP contribution in [0.2, 0.25) is 0 Å². The molecule has 0 heterocycles. The minimum Gasteiger partial charge on any atom is -0.677 e. The summed E-state index contributed by atoms with van der Waals surface area (Å²) in [5.74, 6) is -0.0648. The van der Waals surface area contributed by atoms with Crippen molar-refractivity contribution in [2.24, 2.45) is 0 Å². The monoisotopic (exact) mass is 320 g/mol. The number of carbonyl (C=O) groups is 1. The number of Topliss-reactive ketones (excluding diaryl/α,β-unsaturated/α-hetero) is 1. The molecule has 1 atom stereocenters. The van der Waals surface area contributed by atoms with Gasteiger partial charge in [-0.1, -0.05) is 25.3 Å². The van der Waals surface area contributed by atoms with Crippen molar-refractivity contribution in [3.8, 4) is 0 Å². The number of nitrogens with one attached hydrogen (secondary N) is 2. The van der Waals surface area contributed by atoms with E-state index in [-0.39, 0.29) is 71.2 Å². The second-order valence-electron chi connectivity index (χ2n) is 2.41. The van der Waals surface area contributed by atoms with Crippen LogP contribution in [0.4, 0.5) is 0 Å². The third kappa shape index (κ3) is 11.8. The van der Waals surface area contributed by atoms with Gasteiger partial charge in [-0.3, -0.25) is 0 Å². The molecule has 2 N–H and O–H groups in total. The molecule has 12 heavy (non-hydrogen) atoms. The smallest absolute Gasteiger partial charge is 0.112 e. The quantitative estimate of drug-likeness (QED) is 0.716. The van der Waals surface area contributed by atoms with Crippen LogP contribution in [0.3, 0.4) is 0 Å². The Kier molecular flexibility index (Phi) is 20.7. The summed E-state index contributed by atoms with van der Waals surface area (Å²) in [6.45, 7) is 1.85. The van der Waals surface area contributed by atoms with Crippen LogP contribution in [0.25, 0.3) is 11.5 Å². The van der Waals surface area contributed by atoms with Gasteiger partial charge in [-0.2, -0.15) is 6.54 Å². The van der Waals surface area contributed by atoms with Crippen molar-refractivity contribution in [1.29, 1.82) is 0 Å². The average Bonchev–Trinajstić information content (AvgIpc) is 1.88. The second-order valence-corrected chi connectivity index (χ2v) is 2.41. The van der Waals surface area contributed by atoms with E-state index in [9.17, 15) is 4.79 Å². The summed E-state index contributed by atoms with van der Waals surface area (Å²) >= 11 is 0. The number of carbonyl (C=O) groups excluding carboxylic acids is 1. The molecule has 0 aliphatic rings. The largest absolute Gasteiger partial charge is 0.677 e. The van der Waals surface area contributed by atoms with Gasteiger partial charge < -0.3 is 16.3 Å². The first-order chi connectivity index (χ1) is 4.68. The Bertz CT molecular complexity index is 112. The molecule has 66 valence electrons. The molecule has 0 aromatic heterocycles. The van der Waals surface area contributed by atoms with Crippen molar-refractivity contribution in [2.45, 2.75) is 32.2 Å². The predicted octanol–water partition coefficient (Wildman–Crippen LogP) is 2.21. The number of ketones is 1. The summed E-state index contributed by atoms with van der Waals surface area (Å²) in [4.78, 5) is 10.5. The van der Waals surface area contributed by atoms with Gasteiger partial charge in [0.2, 0.25) is 0 Å². The fraction of sp³-hybridized carbons (Fsp3) is 0.857. The van der Waals surface area contributed by atoms with E-state index in [0.29, 0.717) is 13.0 Å². The molecule has 0 spiro atoms. The summed E-state index contributed by atoms with van der Waals surface area (Å²) in [5, 5.41) is 0. The first-order valence-corrected chi connectivity index (χ1v) is 3.54. The van der Waals surface area contributed by atoms with Crippen molar-refractivity contribution in [2.75, 3.05) is 6.54 Å². The standard InChI is InChI=1S/C7H14N2O.2Y/c1-6(10)7(9)4-2-3-5-8;;/h7-9H,2-5H2,1H3;;/q-2;;. The maximum Gasteiger partial charge on any atom is 0.112 e. The maximum atomic E-state index is 10.5. The van der Waals surface area contributed by atoms with Gasteiger partial charge in [-0.15, -0.1) is 0 Å². The molecule has 0 aromatic rings. The van der Waals surface area contributed by atoms with E-state index in [2.05, 4.69) is 0 Å². The summed E-state index contributed by atoms with van der Waals surface area (Å²) < 4.78 is 0. The first kappa shape index (κ1) is 19.4. The van der Waals surface area contributed by atoms with E-state index in [1.54, 1.807) is 0 Å². The van der Waals surface area contributed by atoms with Crippen LogP contribution in [0, 0.1) is 0 Å². The van der Waals surface area contributed by atoms with Crippen LogP contribution in [0.15, 0.2) is 0 Å². The fourth-order valence-corrected chi connectivity index (χ4v) is 0.677. The van der Waals surface area contributed by atoms with E-state index < -0.39 is 6.04 Å². The van der Waals surface area contributed by atoms with E-state index in [1.807, 2.05) is 0 Å². The first-order valence-electron chi connectivity index (χ1n) is 3.54. The van der Waals surface area contributed by atoms with Gasteiger partial charge in [-0.25, -0.2) is 0 Å². The molecule has 5 heteroatoms. The zero-order chi connectivity index (χ0) is 7.98. The predicted molar refractivity (Wildman–Crippen MR) is 41.8 cm³/mol. The normalized spacial score (nSPS) is 10.9. The number of unbranched alkanes of at least 4 members (excludes halogenated alkanes) is 1. The van der Waals surface area contributed by atoms with Gasteiger partial charge in [0.25, 0.3) is 0 Å². The SMILES string of the molecule is CC(=O)C([NH-])CCCC[NH-].[Y].[Y]. The molecule has 0 saturated carbocycles. The minimum absolute atomic E-state index is 0. The molecule has 3 nitrogen and oxygen atoms in total. The number of hydrogen-bond acceptors (Lipinski definition) is 1. The second kappa shape index (κ2) is 12.8. The zero-order valence-corrected chi connectivity index (χ0v) is 13.1. The van der Waals surface area contributed by atoms with Gasteiger partial charge in [0.15, 0.2) is 0 Å². The molecule has 1 unspecified atom stereocenters. The van der Waals surface area contributed by atoms with Crippen LogP contribution < -0.4 is 0 Å². The molecule has 0 saturated heterocycles. The maximum absolute atomic E-state index is 10.5. The molecule has 0 aliphatic heterocycles. The fourth-order valence-electron chi connectivity index (χ4n) is 0.677. The Morgan fingerprint density at radius 3 is 2.17 bits per heavy atom. The number of hydrogen-bond donors (Lipinski definition) is 0. The third-order valence-electron chi connectivity index (χ3n) is 1.41. The van der Waals surface area contributed by atoms with Crippen LogP contribution in [0.5, 0.6) is 0 Å². The Hall–Kier alpha value is 1.80. The van der Waals surface area contributed by atoms with Crippen LogP contribution >= 0.6 is 0 Å². The van der Waals surface area contributed by atoms with Crippen molar-refractivity contribution >= 4 is 5.78 Å². The van der Waals surface area contributed by atoms with E-state index in [4.69, 9.17) is 11.5 Å². The summed E-state index contributed by atoms with van der Waals surface area (Å²) in [6, 6.07) is -0.549. The molecule has 0 aromatic carbocycles. The van der Waals surface area contributed by atoms with E-state index >= 15 is 0 Å². The van der Waals surface area contributed by atoms with Crippen molar-refractivity contribution in [1.82, 2.24) is 0 Å². The van der Waals surface area contributed by atoms with E-state index in [0.717, 1.165) is 12.8 Å². The Morgan fingerprint density at radius 2 is 1.83 bits per heavy atom. The molecule has 0 amide bonds. The molecule has 0 rings (SSSR count). The molecule has 0 bridgehead atoms. The Labute approximate surface area is 125 Å². The Balaban J connectivity index is -0.000000405. The van der Waals surface area contributed by atoms with Gasteiger partial charge in [-0.05, 0) is 6.92 Å². The molecular formula is C7H14N2OY2-2. The van der Waals surface area contributed by atoms with Crippen LogP contribution in [-0.2, 0) is 70.2 Å². The molecular weight excluding hydrogens is 306 g/mol. The van der Waals surface area contributed by atoms with Gasteiger partial charge in [0.05, 0.1) is 0 Å². The van der Waals surface area contributed by atoms with Crippen molar-refractivity contribution in [3.63, 3.8) is 0 Å². The molecule has 0 aliphatic carbocycles. The van der Waals surface area contributed by atoms with Crippen LogP contribution in [-0.4, -0.2) is 18.4 Å². The van der Waals surface area contributed by atoms with Gasteiger partial charge >= 0.3 is 0 Å². The molecule has 0 fully saturated rings. The van der Waals surface area contributed by atoms with Gasteiger partial charge in [0.1, 0.15) is 5.78 Å². The van der Waals surface area contributed by atoms with E-state index in [1.165, 1.54) is 6.92 Å². The number of rotatable bonds is 5. The van der Waals surface area contributed by atoms with Crippen molar-refractivity contribution in [3.05, 3.63) is 11.5 Å². The average molecular weight is 320 g/mol. The minimum atomic E-state index is -0.549. The van der Waals surface area contributed by atoms with Gasteiger partial charge in [0, 0.05) is 65.4 Å². The summed E-state index contributed by atoms with van der Waals surface area (Å²) in [7, 11) is 0. The Morgan fingerprint density at radius 1 is 1.33 bits per heavy atom.